The molecule has 0 heterocycles. The van der Waals surface area contributed by atoms with Gasteiger partial charge in [-0.15, -0.1) is 17.0 Å². The van der Waals surface area contributed by atoms with Crippen molar-refractivity contribution in [1.82, 2.24) is 5.32 Å². The lowest BCUT2D eigenvalue weighted by atomic mass is 10.1. The Bertz CT molecular complexity index is 1290. The number of halogens is 3. The van der Waals surface area contributed by atoms with E-state index in [0.29, 0.717) is 6.04 Å². The molecule has 2 unspecified atom stereocenters. The quantitative estimate of drug-likeness (QED) is 0.166. The molecule has 45 heavy (non-hydrogen) atoms. The van der Waals surface area contributed by atoms with Crippen LogP contribution in [0.25, 0.3) is 0 Å². The lowest BCUT2D eigenvalue weighted by molar-refractivity contribution is -0.0294. The van der Waals surface area contributed by atoms with Gasteiger partial charge in [-0.25, -0.2) is 14.4 Å². The second-order valence-corrected chi connectivity index (χ2v) is 15.6. The number of nitrogens with two attached hydrogens (primary N) is 1. The molecule has 0 aromatic heterocycles. The number of carbonyl (C=O) groups is 3. The topological polar surface area (TPSA) is 126 Å². The molecule has 0 bridgehead atoms. The summed E-state index contributed by atoms with van der Waals surface area (Å²) in [5.41, 5.74) is 9.41. The number of alkyl carbamates (subject to hydrolysis) is 1. The SMILES string of the molecule is Br.CC(C)(C)OC(=O)NC1Cc2ccc(Br)cc2C1.CC(C)(C)OC(=O)OC(=O)OC(C)(C)C.NC1Cc2ccc(Br)cc2C1. The average Bonchev–Trinajstić information content (AvgIpc) is 3.36. The van der Waals surface area contributed by atoms with E-state index in [9.17, 15) is 14.4 Å². The first-order valence-electron chi connectivity index (χ1n) is 14.5. The van der Waals surface area contributed by atoms with E-state index in [0.717, 1.165) is 34.6 Å². The Hall–Kier alpha value is -2.15. The summed E-state index contributed by atoms with van der Waals surface area (Å²) in [6.07, 6.45) is 1.38. The zero-order valence-corrected chi connectivity index (χ0v) is 32.4. The van der Waals surface area contributed by atoms with Crippen LogP contribution in [0.5, 0.6) is 0 Å². The van der Waals surface area contributed by atoms with Crippen molar-refractivity contribution in [2.75, 3.05) is 0 Å². The van der Waals surface area contributed by atoms with Gasteiger partial charge in [0.15, 0.2) is 0 Å². The third kappa shape index (κ3) is 16.8. The maximum atomic E-state index is 11.7. The van der Waals surface area contributed by atoms with E-state index in [4.69, 9.17) is 19.9 Å². The molecule has 0 spiro atoms. The summed E-state index contributed by atoms with van der Waals surface area (Å²) in [7, 11) is 0. The van der Waals surface area contributed by atoms with E-state index < -0.39 is 29.1 Å². The van der Waals surface area contributed by atoms with Crippen LogP contribution < -0.4 is 11.1 Å². The van der Waals surface area contributed by atoms with E-state index in [1.54, 1.807) is 41.5 Å². The normalized spacial score (nSPS) is 16.6. The summed E-state index contributed by atoms with van der Waals surface area (Å²) in [6.45, 7) is 15.6. The number of carbonyl (C=O) groups excluding carboxylic acids is 3. The summed E-state index contributed by atoms with van der Waals surface area (Å²) >= 11 is 6.91. The number of fused-ring (bicyclic) bond motifs is 2. The van der Waals surface area contributed by atoms with Gasteiger partial charge in [0.1, 0.15) is 16.8 Å². The molecule has 1 amide bonds. The molecule has 0 saturated carbocycles. The predicted octanol–water partition coefficient (Wildman–Crippen LogP) is 8.77. The van der Waals surface area contributed by atoms with Gasteiger partial charge in [0.05, 0.1) is 0 Å². The van der Waals surface area contributed by atoms with Gasteiger partial charge >= 0.3 is 18.4 Å². The van der Waals surface area contributed by atoms with E-state index in [-0.39, 0.29) is 29.1 Å². The third-order valence-electron chi connectivity index (χ3n) is 5.90. The summed E-state index contributed by atoms with van der Waals surface area (Å²) in [5, 5.41) is 2.93. The van der Waals surface area contributed by atoms with Gasteiger partial charge in [-0.05, 0) is 135 Å². The second kappa shape index (κ2) is 17.1. The van der Waals surface area contributed by atoms with Crippen molar-refractivity contribution in [2.24, 2.45) is 5.73 Å². The Kier molecular flexibility index (Phi) is 15.6. The Morgan fingerprint density at radius 1 is 0.667 bits per heavy atom. The Balaban J connectivity index is 0.000000343. The van der Waals surface area contributed by atoms with Crippen molar-refractivity contribution in [1.29, 1.82) is 0 Å². The van der Waals surface area contributed by atoms with Crippen LogP contribution in [0.15, 0.2) is 45.3 Å². The third-order valence-corrected chi connectivity index (χ3v) is 6.89. The van der Waals surface area contributed by atoms with Gasteiger partial charge in [-0.2, -0.15) is 0 Å². The van der Waals surface area contributed by atoms with E-state index in [1.165, 1.54) is 22.3 Å². The molecule has 3 N–H and O–H groups in total. The van der Waals surface area contributed by atoms with Crippen LogP contribution in [-0.4, -0.2) is 47.3 Å². The molecular weight excluding hydrogens is 776 g/mol. The lowest BCUT2D eigenvalue weighted by Crippen LogP contribution is -2.39. The van der Waals surface area contributed by atoms with Crippen molar-refractivity contribution in [2.45, 2.75) is 117 Å². The van der Waals surface area contributed by atoms with E-state index in [1.807, 2.05) is 26.8 Å². The molecule has 0 saturated heterocycles. The number of hydrogen-bond acceptors (Lipinski definition) is 8. The van der Waals surface area contributed by atoms with Crippen LogP contribution in [-0.2, 0) is 44.6 Å². The van der Waals surface area contributed by atoms with Crippen LogP contribution in [0.3, 0.4) is 0 Å². The number of ether oxygens (including phenoxy) is 4. The molecule has 0 fully saturated rings. The molecule has 9 nitrogen and oxygen atoms in total. The lowest BCUT2D eigenvalue weighted by Gasteiger charge is -2.21. The summed E-state index contributed by atoms with van der Waals surface area (Å²) in [4.78, 5) is 33.7. The van der Waals surface area contributed by atoms with Crippen LogP contribution in [0.4, 0.5) is 14.4 Å². The standard InChI is InChI=1S/C14H18BrNO2.C10H18O5.C9H10BrN.BrH/c1-14(2,3)18-13(17)16-12-7-9-4-5-11(15)6-10(9)8-12;1-9(2,3)14-7(11)13-8(12)15-10(4,5)6;10-8-2-1-6-4-9(11)5-7(6)3-8;/h4-6,12H,7-8H2,1-3H3,(H,16,17);1-6H3;1-3,9H,4-5,11H2;1H. The van der Waals surface area contributed by atoms with Crippen LogP contribution in [0, 0.1) is 0 Å². The Morgan fingerprint density at radius 2 is 1.04 bits per heavy atom. The average molecular weight is 823 g/mol. The molecule has 0 aliphatic heterocycles. The van der Waals surface area contributed by atoms with Gasteiger partial charge in [-0.3, -0.25) is 0 Å². The zero-order valence-electron chi connectivity index (χ0n) is 27.5. The molecule has 2 aliphatic rings. The number of rotatable bonds is 1. The number of nitrogens with one attached hydrogen (secondary N) is 1. The molecule has 0 radical (unpaired) electrons. The minimum atomic E-state index is -1.06. The minimum Gasteiger partial charge on any atom is -0.444 e. The van der Waals surface area contributed by atoms with Gasteiger partial charge < -0.3 is 30.0 Å². The van der Waals surface area contributed by atoms with Crippen LogP contribution in [0.2, 0.25) is 0 Å². The highest BCUT2D eigenvalue weighted by Crippen LogP contribution is 2.26. The van der Waals surface area contributed by atoms with Gasteiger partial charge in [0.25, 0.3) is 0 Å². The van der Waals surface area contributed by atoms with Crippen molar-refractivity contribution in [3.8, 4) is 0 Å². The predicted molar refractivity (Wildman–Crippen MR) is 188 cm³/mol. The highest BCUT2D eigenvalue weighted by Gasteiger charge is 2.26. The first-order chi connectivity index (χ1) is 20.1. The molecule has 252 valence electrons. The number of benzene rings is 2. The second-order valence-electron chi connectivity index (χ2n) is 13.8. The first kappa shape index (κ1) is 40.9. The fourth-order valence-electron chi connectivity index (χ4n) is 4.39. The highest BCUT2D eigenvalue weighted by atomic mass is 79.9. The maximum Gasteiger partial charge on any atom is 0.519 e. The number of amides is 1. The van der Waals surface area contributed by atoms with Gasteiger partial charge in [-0.1, -0.05) is 44.0 Å². The van der Waals surface area contributed by atoms with Crippen molar-refractivity contribution in [3.63, 3.8) is 0 Å². The summed E-state index contributed by atoms with van der Waals surface area (Å²) in [5.74, 6) is 0. The molecule has 2 aromatic carbocycles. The monoisotopic (exact) mass is 820 g/mol. The highest BCUT2D eigenvalue weighted by molar-refractivity contribution is 9.10. The molecule has 2 aliphatic carbocycles. The Labute approximate surface area is 294 Å². The maximum absolute atomic E-state index is 11.7. The van der Waals surface area contributed by atoms with Crippen molar-refractivity contribution >= 4 is 67.2 Å². The van der Waals surface area contributed by atoms with Gasteiger partial charge in [0, 0.05) is 21.0 Å². The van der Waals surface area contributed by atoms with E-state index in [2.05, 4.69) is 72.2 Å². The molecule has 2 aromatic rings. The van der Waals surface area contributed by atoms with Gasteiger partial charge in [0.2, 0.25) is 0 Å². The largest absolute Gasteiger partial charge is 0.519 e. The summed E-state index contributed by atoms with van der Waals surface area (Å²) < 4.78 is 21.3. The smallest absolute Gasteiger partial charge is 0.444 e. The van der Waals surface area contributed by atoms with E-state index >= 15 is 0 Å². The van der Waals surface area contributed by atoms with Crippen LogP contribution >= 0.6 is 48.8 Å². The molecule has 2 atom stereocenters. The minimum absolute atomic E-state index is 0. The molecule has 4 rings (SSSR count). The molecule has 12 heteroatoms. The van der Waals surface area contributed by atoms with Crippen LogP contribution in [0.1, 0.15) is 84.6 Å². The van der Waals surface area contributed by atoms with Crippen molar-refractivity contribution in [3.05, 3.63) is 67.6 Å². The summed E-state index contributed by atoms with van der Waals surface area (Å²) in [6, 6.07) is 13.2. The molecular formula is C33H47Br3N2O7. The fourth-order valence-corrected chi connectivity index (χ4v) is 5.21. The fraction of sp³-hybridized carbons (Fsp3) is 0.545. The number of hydrogen-bond donors (Lipinski definition) is 2. The van der Waals surface area contributed by atoms with Crippen molar-refractivity contribution < 1.29 is 33.3 Å². The Morgan fingerprint density at radius 3 is 1.49 bits per heavy atom. The first-order valence-corrected chi connectivity index (χ1v) is 16.1. The zero-order chi connectivity index (χ0) is 33.5.